The third-order valence-electron chi connectivity index (χ3n) is 5.85. The van der Waals surface area contributed by atoms with Crippen LogP contribution in [-0.4, -0.2) is 40.3 Å². The van der Waals surface area contributed by atoms with Crippen molar-refractivity contribution in [2.75, 3.05) is 19.6 Å². The van der Waals surface area contributed by atoms with Crippen LogP contribution in [0.25, 0.3) is 0 Å². The molecule has 6 heteroatoms. The van der Waals surface area contributed by atoms with Crippen molar-refractivity contribution in [1.29, 1.82) is 0 Å². The van der Waals surface area contributed by atoms with Crippen molar-refractivity contribution < 1.29 is 0 Å². The van der Waals surface area contributed by atoms with Gasteiger partial charge in [0.15, 0.2) is 5.96 Å². The third-order valence-corrected chi connectivity index (χ3v) is 5.85. The number of hydrogen-bond acceptors (Lipinski definition) is 3. The van der Waals surface area contributed by atoms with Gasteiger partial charge in [-0.15, -0.1) is 0 Å². The summed E-state index contributed by atoms with van der Waals surface area (Å²) in [6.45, 7) is 8.59. The van der Waals surface area contributed by atoms with Crippen molar-refractivity contribution in [2.45, 2.75) is 45.9 Å². The molecule has 0 amide bonds. The average molecular weight is 431 g/mol. The molecule has 2 heterocycles. The van der Waals surface area contributed by atoms with E-state index in [1.165, 1.54) is 48.2 Å². The highest BCUT2D eigenvalue weighted by atomic mass is 15.3. The Morgan fingerprint density at radius 1 is 0.906 bits per heavy atom. The van der Waals surface area contributed by atoms with Gasteiger partial charge in [0, 0.05) is 32.0 Å². The summed E-state index contributed by atoms with van der Waals surface area (Å²) in [5.41, 5.74) is 5.12. The van der Waals surface area contributed by atoms with Gasteiger partial charge in [-0.3, -0.25) is 9.58 Å². The SMILES string of the molecule is CCNC(=NCc1ccc(CN2CCCC2)cc1)NCc1ccccc1Cn1cccn1. The molecule has 6 nitrogen and oxygen atoms in total. The van der Waals surface area contributed by atoms with Gasteiger partial charge in [-0.25, -0.2) is 4.99 Å². The topological polar surface area (TPSA) is 57.5 Å². The number of nitrogens with zero attached hydrogens (tertiary/aromatic N) is 4. The van der Waals surface area contributed by atoms with E-state index in [1.807, 2.05) is 23.1 Å². The van der Waals surface area contributed by atoms with Crippen molar-refractivity contribution in [3.05, 3.63) is 89.2 Å². The molecule has 0 bridgehead atoms. The van der Waals surface area contributed by atoms with Crippen molar-refractivity contribution in [1.82, 2.24) is 25.3 Å². The van der Waals surface area contributed by atoms with Crippen molar-refractivity contribution in [3.63, 3.8) is 0 Å². The monoisotopic (exact) mass is 430 g/mol. The number of likely N-dealkylation sites (tertiary alicyclic amines) is 1. The van der Waals surface area contributed by atoms with Crippen LogP contribution in [-0.2, 0) is 26.2 Å². The third kappa shape index (κ3) is 6.44. The molecule has 32 heavy (non-hydrogen) atoms. The van der Waals surface area contributed by atoms with Gasteiger partial charge in [-0.2, -0.15) is 5.10 Å². The Bertz CT molecular complexity index is 972. The van der Waals surface area contributed by atoms with Gasteiger partial charge in [0.05, 0.1) is 13.1 Å². The highest BCUT2D eigenvalue weighted by molar-refractivity contribution is 5.79. The predicted molar refractivity (Wildman–Crippen MR) is 130 cm³/mol. The Morgan fingerprint density at radius 2 is 1.66 bits per heavy atom. The Labute approximate surface area is 191 Å². The lowest BCUT2D eigenvalue weighted by molar-refractivity contribution is 0.331. The van der Waals surface area contributed by atoms with Gasteiger partial charge in [0.2, 0.25) is 0 Å². The zero-order valence-corrected chi connectivity index (χ0v) is 19.0. The standard InChI is InChI=1S/C26H34N6/c1-2-27-26(28-18-22-10-12-23(13-11-22)20-31-15-5-6-16-31)29-19-24-8-3-4-9-25(24)21-32-17-7-14-30-32/h3-4,7-14,17H,2,5-6,15-16,18-21H2,1H3,(H2,27,28,29). The first-order valence-electron chi connectivity index (χ1n) is 11.7. The maximum Gasteiger partial charge on any atom is 0.191 e. The number of benzene rings is 2. The van der Waals surface area contributed by atoms with Crippen molar-refractivity contribution >= 4 is 5.96 Å². The maximum absolute atomic E-state index is 4.80. The van der Waals surface area contributed by atoms with Crippen LogP contribution in [0, 0.1) is 0 Å². The first kappa shape index (κ1) is 22.1. The first-order chi connectivity index (χ1) is 15.8. The molecular weight excluding hydrogens is 396 g/mol. The molecule has 4 rings (SSSR count). The van der Waals surface area contributed by atoms with Crippen LogP contribution in [0.4, 0.5) is 0 Å². The number of hydrogen-bond donors (Lipinski definition) is 2. The second-order valence-electron chi connectivity index (χ2n) is 8.32. The highest BCUT2D eigenvalue weighted by Gasteiger charge is 2.11. The molecule has 0 spiro atoms. The molecule has 3 aromatic rings. The zero-order valence-electron chi connectivity index (χ0n) is 19.0. The Kier molecular flexibility index (Phi) is 7.93. The summed E-state index contributed by atoms with van der Waals surface area (Å²) in [6, 6.07) is 19.3. The van der Waals surface area contributed by atoms with E-state index < -0.39 is 0 Å². The summed E-state index contributed by atoms with van der Waals surface area (Å²) in [7, 11) is 0. The van der Waals surface area contributed by atoms with Crippen LogP contribution >= 0.6 is 0 Å². The zero-order chi connectivity index (χ0) is 22.0. The lowest BCUT2D eigenvalue weighted by Gasteiger charge is -2.15. The number of aromatic nitrogens is 2. The highest BCUT2D eigenvalue weighted by Crippen LogP contribution is 2.14. The van der Waals surface area contributed by atoms with Gasteiger partial charge in [0.25, 0.3) is 0 Å². The van der Waals surface area contributed by atoms with Gasteiger partial charge in [0.1, 0.15) is 0 Å². The van der Waals surface area contributed by atoms with Gasteiger partial charge < -0.3 is 10.6 Å². The van der Waals surface area contributed by atoms with Gasteiger partial charge in [-0.1, -0.05) is 48.5 Å². The van der Waals surface area contributed by atoms with Crippen molar-refractivity contribution in [2.24, 2.45) is 4.99 Å². The van der Waals surface area contributed by atoms with Crippen LogP contribution in [0.2, 0.25) is 0 Å². The van der Waals surface area contributed by atoms with E-state index in [-0.39, 0.29) is 0 Å². The molecule has 1 fully saturated rings. The molecule has 0 atom stereocenters. The molecule has 0 radical (unpaired) electrons. The lowest BCUT2D eigenvalue weighted by atomic mass is 10.1. The molecule has 168 valence electrons. The number of nitrogens with one attached hydrogen (secondary N) is 2. The fraction of sp³-hybridized carbons (Fsp3) is 0.385. The van der Waals surface area contributed by atoms with Crippen LogP contribution in [0.3, 0.4) is 0 Å². The van der Waals surface area contributed by atoms with E-state index in [9.17, 15) is 0 Å². The van der Waals surface area contributed by atoms with Crippen LogP contribution < -0.4 is 10.6 Å². The molecule has 1 saturated heterocycles. The van der Waals surface area contributed by atoms with E-state index in [2.05, 4.69) is 76.1 Å². The fourth-order valence-electron chi connectivity index (χ4n) is 4.09. The van der Waals surface area contributed by atoms with Crippen molar-refractivity contribution in [3.8, 4) is 0 Å². The second kappa shape index (κ2) is 11.5. The minimum Gasteiger partial charge on any atom is -0.357 e. The van der Waals surface area contributed by atoms with Crippen LogP contribution in [0.5, 0.6) is 0 Å². The Morgan fingerprint density at radius 3 is 2.38 bits per heavy atom. The number of rotatable bonds is 9. The van der Waals surface area contributed by atoms with Crippen LogP contribution in [0.15, 0.2) is 72.0 Å². The number of guanidine groups is 1. The quantitative estimate of drug-likeness (QED) is 0.401. The molecule has 0 unspecified atom stereocenters. The Hall–Kier alpha value is -3.12. The van der Waals surface area contributed by atoms with E-state index in [0.717, 1.165) is 32.1 Å². The predicted octanol–water partition coefficient (Wildman–Crippen LogP) is 3.78. The van der Waals surface area contributed by atoms with E-state index in [1.54, 1.807) is 0 Å². The summed E-state index contributed by atoms with van der Waals surface area (Å²) in [5.74, 6) is 0.836. The summed E-state index contributed by atoms with van der Waals surface area (Å²) in [4.78, 5) is 7.34. The van der Waals surface area contributed by atoms with E-state index in [0.29, 0.717) is 6.54 Å². The van der Waals surface area contributed by atoms with Gasteiger partial charge >= 0.3 is 0 Å². The molecule has 2 N–H and O–H groups in total. The normalized spacial score (nSPS) is 14.6. The minimum atomic E-state index is 0.661. The smallest absolute Gasteiger partial charge is 0.191 e. The first-order valence-corrected chi connectivity index (χ1v) is 11.7. The van der Waals surface area contributed by atoms with Gasteiger partial charge in [-0.05, 0) is 61.2 Å². The summed E-state index contributed by atoms with van der Waals surface area (Å²) < 4.78 is 1.95. The van der Waals surface area contributed by atoms with E-state index in [4.69, 9.17) is 4.99 Å². The molecule has 1 aliphatic rings. The molecular formula is C26H34N6. The molecule has 1 aromatic heterocycles. The lowest BCUT2D eigenvalue weighted by Crippen LogP contribution is -2.37. The molecule has 0 aliphatic carbocycles. The molecule has 1 aliphatic heterocycles. The molecule has 2 aromatic carbocycles. The minimum absolute atomic E-state index is 0.661. The molecule has 0 saturated carbocycles. The summed E-state index contributed by atoms with van der Waals surface area (Å²) >= 11 is 0. The summed E-state index contributed by atoms with van der Waals surface area (Å²) in [5, 5.41) is 11.2. The van der Waals surface area contributed by atoms with E-state index >= 15 is 0 Å². The number of aliphatic imine (C=N–C) groups is 1. The second-order valence-corrected chi connectivity index (χ2v) is 8.32. The Balaban J connectivity index is 1.34. The fourth-order valence-corrected chi connectivity index (χ4v) is 4.09. The largest absolute Gasteiger partial charge is 0.357 e. The maximum atomic E-state index is 4.80. The average Bonchev–Trinajstić information content (AvgIpc) is 3.52. The summed E-state index contributed by atoms with van der Waals surface area (Å²) in [6.07, 6.45) is 6.48. The van der Waals surface area contributed by atoms with Crippen LogP contribution in [0.1, 0.15) is 42.0 Å².